The Bertz CT molecular complexity index is 467. The van der Waals surface area contributed by atoms with E-state index >= 15 is 0 Å². The Morgan fingerprint density at radius 2 is 2.10 bits per heavy atom. The van der Waals surface area contributed by atoms with E-state index in [1.807, 2.05) is 31.9 Å². The van der Waals surface area contributed by atoms with Crippen molar-refractivity contribution in [3.63, 3.8) is 0 Å². The predicted octanol–water partition coefficient (Wildman–Crippen LogP) is 2.24. The molecule has 1 aromatic heterocycles. The molecule has 1 saturated heterocycles. The molecule has 0 spiro atoms. The number of imidazole rings is 1. The second kappa shape index (κ2) is 6.05. The van der Waals surface area contributed by atoms with Gasteiger partial charge in [0.2, 0.25) is 0 Å². The van der Waals surface area contributed by atoms with Gasteiger partial charge in [-0.3, -0.25) is 4.90 Å². The van der Waals surface area contributed by atoms with E-state index in [1.165, 1.54) is 0 Å². The van der Waals surface area contributed by atoms with Crippen LogP contribution in [0.15, 0.2) is 12.4 Å². The Labute approximate surface area is 126 Å². The first-order valence-corrected chi connectivity index (χ1v) is 7.48. The van der Waals surface area contributed by atoms with Gasteiger partial charge in [0.05, 0.1) is 6.54 Å². The quantitative estimate of drug-likeness (QED) is 0.908. The van der Waals surface area contributed by atoms with E-state index in [0.717, 1.165) is 18.9 Å². The highest BCUT2D eigenvalue weighted by Gasteiger charge is 2.34. The van der Waals surface area contributed by atoms with Gasteiger partial charge in [0.1, 0.15) is 11.4 Å². The number of nitrogens with one attached hydrogen (secondary N) is 1. The number of amides is 1. The minimum atomic E-state index is -0.453. The minimum absolute atomic E-state index is 0.131. The first-order valence-electron chi connectivity index (χ1n) is 7.48. The maximum atomic E-state index is 12.3. The van der Waals surface area contributed by atoms with Gasteiger partial charge in [-0.1, -0.05) is 0 Å². The Morgan fingerprint density at radius 1 is 1.38 bits per heavy atom. The van der Waals surface area contributed by atoms with Crippen LogP contribution in [-0.4, -0.2) is 56.6 Å². The molecule has 1 aliphatic rings. The highest BCUT2D eigenvalue weighted by molar-refractivity contribution is 5.68. The molecule has 2 unspecified atom stereocenters. The topological polar surface area (TPSA) is 61.5 Å². The fraction of sp³-hybridized carbons (Fsp3) is 0.733. The summed E-state index contributed by atoms with van der Waals surface area (Å²) < 4.78 is 5.49. The number of nitrogens with zero attached hydrogens (tertiary/aromatic N) is 3. The number of carbonyl (C=O) groups is 1. The number of carbonyl (C=O) groups excluding carboxylic acids is 1. The van der Waals surface area contributed by atoms with Gasteiger partial charge >= 0.3 is 6.09 Å². The molecule has 0 aromatic carbocycles. The van der Waals surface area contributed by atoms with Gasteiger partial charge in [0.25, 0.3) is 0 Å². The molecule has 0 aliphatic carbocycles. The molecule has 6 nitrogen and oxygen atoms in total. The largest absolute Gasteiger partial charge is 0.444 e. The van der Waals surface area contributed by atoms with Gasteiger partial charge in [-0.25, -0.2) is 9.78 Å². The Balaban J connectivity index is 1.96. The number of hydrogen-bond donors (Lipinski definition) is 1. The number of hydrogen-bond acceptors (Lipinski definition) is 4. The van der Waals surface area contributed by atoms with Gasteiger partial charge in [-0.05, 0) is 34.6 Å². The summed E-state index contributed by atoms with van der Waals surface area (Å²) in [6, 6.07) is 0.407. The van der Waals surface area contributed by atoms with E-state index < -0.39 is 5.60 Å². The molecule has 1 N–H and O–H groups in total. The molecule has 1 aliphatic heterocycles. The van der Waals surface area contributed by atoms with Crippen molar-refractivity contribution >= 4 is 6.09 Å². The van der Waals surface area contributed by atoms with E-state index in [1.54, 1.807) is 6.20 Å². The molecular weight excluding hydrogens is 268 g/mol. The zero-order chi connectivity index (χ0) is 15.6. The number of rotatable bonds is 2. The molecule has 6 heteroatoms. The third-order valence-corrected chi connectivity index (χ3v) is 3.65. The molecule has 118 valence electrons. The van der Waals surface area contributed by atoms with E-state index in [-0.39, 0.29) is 18.2 Å². The van der Waals surface area contributed by atoms with Gasteiger partial charge in [-0.2, -0.15) is 0 Å². The third-order valence-electron chi connectivity index (χ3n) is 3.65. The summed E-state index contributed by atoms with van der Waals surface area (Å²) in [5.41, 5.74) is -0.453. The zero-order valence-electron chi connectivity index (χ0n) is 13.6. The van der Waals surface area contributed by atoms with Crippen LogP contribution in [0.3, 0.4) is 0 Å². The van der Waals surface area contributed by atoms with E-state index in [4.69, 9.17) is 4.74 Å². The average molecular weight is 294 g/mol. The number of piperazine rings is 1. The van der Waals surface area contributed by atoms with Crippen LogP contribution in [-0.2, 0) is 11.3 Å². The summed E-state index contributed by atoms with van der Waals surface area (Å²) in [7, 11) is 0. The third kappa shape index (κ3) is 4.20. The normalized spacial score (nSPS) is 24.1. The van der Waals surface area contributed by atoms with Gasteiger partial charge in [-0.15, -0.1) is 0 Å². The first-order chi connectivity index (χ1) is 9.76. The second-order valence-electron chi connectivity index (χ2n) is 6.80. The lowest BCUT2D eigenvalue weighted by molar-refractivity contribution is -0.0121. The van der Waals surface area contributed by atoms with E-state index in [0.29, 0.717) is 6.54 Å². The standard InChI is InChI=1S/C15H26N4O2/c1-11-9-19(14(20)21-15(3,4)5)12(2)8-18(11)10-13-16-6-7-17-13/h6-7,11-12H,8-10H2,1-5H3,(H,16,17). The van der Waals surface area contributed by atoms with Crippen molar-refractivity contribution in [1.29, 1.82) is 0 Å². The molecule has 0 saturated carbocycles. The number of aromatic nitrogens is 2. The van der Waals surface area contributed by atoms with Crippen molar-refractivity contribution in [2.75, 3.05) is 13.1 Å². The Morgan fingerprint density at radius 3 is 2.67 bits per heavy atom. The lowest BCUT2D eigenvalue weighted by atomic mass is 10.1. The maximum Gasteiger partial charge on any atom is 0.410 e. The van der Waals surface area contributed by atoms with Crippen LogP contribution in [0.1, 0.15) is 40.4 Å². The van der Waals surface area contributed by atoms with Crippen LogP contribution in [0.5, 0.6) is 0 Å². The predicted molar refractivity (Wildman–Crippen MR) is 80.9 cm³/mol. The second-order valence-corrected chi connectivity index (χ2v) is 6.80. The summed E-state index contributed by atoms with van der Waals surface area (Å²) in [5.74, 6) is 0.958. The summed E-state index contributed by atoms with van der Waals surface area (Å²) in [4.78, 5) is 23.8. The number of aromatic amines is 1. The average Bonchev–Trinajstić information content (AvgIpc) is 2.84. The number of ether oxygens (including phenoxy) is 1. The molecule has 0 bridgehead atoms. The van der Waals surface area contributed by atoms with Crippen molar-refractivity contribution in [2.24, 2.45) is 0 Å². The molecule has 1 fully saturated rings. The lowest BCUT2D eigenvalue weighted by Gasteiger charge is -2.43. The zero-order valence-corrected chi connectivity index (χ0v) is 13.6. The van der Waals surface area contributed by atoms with Crippen molar-refractivity contribution in [1.82, 2.24) is 19.8 Å². The summed E-state index contributed by atoms with van der Waals surface area (Å²) >= 11 is 0. The first kappa shape index (κ1) is 15.8. The molecule has 21 heavy (non-hydrogen) atoms. The number of H-pyrrole nitrogens is 1. The van der Waals surface area contributed by atoms with Crippen LogP contribution in [0.25, 0.3) is 0 Å². The van der Waals surface area contributed by atoms with Crippen molar-refractivity contribution in [3.05, 3.63) is 18.2 Å². The fourth-order valence-electron chi connectivity index (χ4n) is 2.57. The molecule has 1 amide bonds. The van der Waals surface area contributed by atoms with Crippen LogP contribution in [0.4, 0.5) is 4.79 Å². The maximum absolute atomic E-state index is 12.3. The van der Waals surface area contributed by atoms with E-state index in [9.17, 15) is 4.79 Å². The molecule has 2 atom stereocenters. The Hall–Kier alpha value is -1.56. The summed E-state index contributed by atoms with van der Waals surface area (Å²) in [6.45, 7) is 12.2. The molecule has 0 radical (unpaired) electrons. The minimum Gasteiger partial charge on any atom is -0.444 e. The van der Waals surface area contributed by atoms with E-state index in [2.05, 4.69) is 28.7 Å². The fourth-order valence-corrected chi connectivity index (χ4v) is 2.57. The Kier molecular flexibility index (Phi) is 4.56. The highest BCUT2D eigenvalue weighted by atomic mass is 16.6. The monoisotopic (exact) mass is 294 g/mol. The van der Waals surface area contributed by atoms with Crippen molar-refractivity contribution in [3.8, 4) is 0 Å². The van der Waals surface area contributed by atoms with Gasteiger partial charge in [0.15, 0.2) is 0 Å². The lowest BCUT2D eigenvalue weighted by Crippen LogP contribution is -2.58. The molecule has 2 heterocycles. The van der Waals surface area contributed by atoms with Crippen LogP contribution in [0, 0.1) is 0 Å². The van der Waals surface area contributed by atoms with Gasteiger partial charge in [0, 0.05) is 37.6 Å². The highest BCUT2D eigenvalue weighted by Crippen LogP contribution is 2.20. The molecular formula is C15H26N4O2. The van der Waals surface area contributed by atoms with Crippen molar-refractivity contribution < 1.29 is 9.53 Å². The molecule has 2 rings (SSSR count). The summed E-state index contributed by atoms with van der Waals surface area (Å²) in [6.07, 6.45) is 3.38. The van der Waals surface area contributed by atoms with Crippen LogP contribution >= 0.6 is 0 Å². The SMILES string of the molecule is CC1CN(C(=O)OC(C)(C)C)C(C)CN1Cc1ncc[nH]1. The van der Waals surface area contributed by atoms with Crippen molar-refractivity contribution in [2.45, 2.75) is 58.8 Å². The summed E-state index contributed by atoms with van der Waals surface area (Å²) in [5, 5.41) is 0. The van der Waals surface area contributed by atoms with Crippen LogP contribution < -0.4 is 0 Å². The van der Waals surface area contributed by atoms with Gasteiger partial charge < -0.3 is 14.6 Å². The molecule has 1 aromatic rings. The van der Waals surface area contributed by atoms with Crippen LogP contribution in [0.2, 0.25) is 0 Å². The smallest absolute Gasteiger partial charge is 0.410 e.